The Kier molecular flexibility index (Phi) is 5.33. The number of carbonyl (C=O) groups excluding carboxylic acids is 1. The van der Waals surface area contributed by atoms with Gasteiger partial charge in [-0.3, -0.25) is 4.79 Å². The minimum absolute atomic E-state index is 0.296. The number of aromatic nitrogens is 2. The van der Waals surface area contributed by atoms with Crippen molar-refractivity contribution in [3.05, 3.63) is 77.1 Å². The molecule has 2 N–H and O–H groups in total. The second-order valence-electron chi connectivity index (χ2n) is 6.96. The van der Waals surface area contributed by atoms with Gasteiger partial charge in [0, 0.05) is 5.70 Å². The van der Waals surface area contributed by atoms with Crippen molar-refractivity contribution in [3.63, 3.8) is 0 Å². The Balaban J connectivity index is 1.80. The van der Waals surface area contributed by atoms with Gasteiger partial charge in [-0.05, 0) is 36.8 Å². The molecule has 1 aromatic heterocycles. The maximum Gasteiger partial charge on any atom is 0.255 e. The van der Waals surface area contributed by atoms with Gasteiger partial charge in [0.25, 0.3) is 5.91 Å². The van der Waals surface area contributed by atoms with Gasteiger partial charge in [-0.15, -0.1) is 0 Å². The second-order valence-corrected chi connectivity index (χ2v) is 6.96. The molecule has 8 heteroatoms. The predicted molar refractivity (Wildman–Crippen MR) is 116 cm³/mol. The molecule has 2 aromatic carbocycles. The van der Waals surface area contributed by atoms with E-state index in [2.05, 4.69) is 21.8 Å². The second kappa shape index (κ2) is 8.24. The number of hydrogen-bond acceptors (Lipinski definition) is 6. The van der Waals surface area contributed by atoms with E-state index < -0.39 is 6.04 Å². The first-order valence-electron chi connectivity index (χ1n) is 9.61. The summed E-state index contributed by atoms with van der Waals surface area (Å²) in [6, 6.07) is 16.3. The van der Waals surface area contributed by atoms with Gasteiger partial charge >= 0.3 is 0 Å². The SMILES string of the molecule is COc1ccc([C@H]2C(C(=O)Nc3ccccc3OC)=C(C)Nc3c(C#N)cnn32)cc1. The molecule has 8 nitrogen and oxygen atoms in total. The smallest absolute Gasteiger partial charge is 0.255 e. The summed E-state index contributed by atoms with van der Waals surface area (Å²) in [7, 11) is 3.15. The van der Waals surface area contributed by atoms with Gasteiger partial charge in [-0.1, -0.05) is 24.3 Å². The van der Waals surface area contributed by atoms with E-state index in [0.29, 0.717) is 39.8 Å². The number of methoxy groups -OCH3 is 2. The molecule has 156 valence electrons. The van der Waals surface area contributed by atoms with E-state index in [-0.39, 0.29) is 5.91 Å². The number of benzene rings is 2. The molecule has 0 fully saturated rings. The highest BCUT2D eigenvalue weighted by Gasteiger charge is 2.34. The summed E-state index contributed by atoms with van der Waals surface area (Å²) in [5, 5.41) is 20.0. The molecule has 1 aliphatic rings. The van der Waals surface area contributed by atoms with Crippen LogP contribution < -0.4 is 20.1 Å². The van der Waals surface area contributed by atoms with E-state index in [4.69, 9.17) is 9.47 Å². The first kappa shape index (κ1) is 20.0. The number of ether oxygens (including phenoxy) is 2. The molecule has 31 heavy (non-hydrogen) atoms. The molecule has 0 saturated heterocycles. The van der Waals surface area contributed by atoms with Crippen molar-refractivity contribution in [1.82, 2.24) is 9.78 Å². The van der Waals surface area contributed by atoms with Gasteiger partial charge in [-0.25, -0.2) is 4.68 Å². The highest BCUT2D eigenvalue weighted by atomic mass is 16.5. The monoisotopic (exact) mass is 415 g/mol. The number of amides is 1. The summed E-state index contributed by atoms with van der Waals surface area (Å²) in [5.41, 5.74) is 2.92. The van der Waals surface area contributed by atoms with Crippen molar-refractivity contribution >= 4 is 17.4 Å². The lowest BCUT2D eigenvalue weighted by Gasteiger charge is -2.30. The highest BCUT2D eigenvalue weighted by Crippen LogP contribution is 2.38. The highest BCUT2D eigenvalue weighted by molar-refractivity contribution is 6.06. The van der Waals surface area contributed by atoms with Gasteiger partial charge in [0.05, 0.1) is 31.7 Å². The molecule has 0 unspecified atom stereocenters. The lowest BCUT2D eigenvalue weighted by atomic mass is 9.94. The fourth-order valence-electron chi connectivity index (χ4n) is 3.66. The van der Waals surface area contributed by atoms with Crippen LogP contribution in [0.5, 0.6) is 11.5 Å². The van der Waals surface area contributed by atoms with Crippen LogP contribution in [0.1, 0.15) is 24.1 Å². The van der Waals surface area contributed by atoms with Gasteiger partial charge in [0.15, 0.2) is 0 Å². The minimum Gasteiger partial charge on any atom is -0.497 e. The van der Waals surface area contributed by atoms with Gasteiger partial charge in [-0.2, -0.15) is 10.4 Å². The summed E-state index contributed by atoms with van der Waals surface area (Å²) in [6.07, 6.45) is 1.49. The number of carbonyl (C=O) groups is 1. The number of nitriles is 1. The van der Waals surface area contributed by atoms with Crippen LogP contribution >= 0.6 is 0 Å². The lowest BCUT2D eigenvalue weighted by Crippen LogP contribution is -2.31. The number of allylic oxidation sites excluding steroid dienone is 1. The van der Waals surface area contributed by atoms with E-state index in [9.17, 15) is 10.1 Å². The predicted octanol–water partition coefficient (Wildman–Crippen LogP) is 3.70. The van der Waals surface area contributed by atoms with Crippen LogP contribution in [-0.4, -0.2) is 29.9 Å². The molecule has 3 aromatic rings. The molecule has 1 aliphatic heterocycles. The molecule has 0 aliphatic carbocycles. The van der Waals surface area contributed by atoms with E-state index in [1.54, 1.807) is 31.0 Å². The zero-order valence-corrected chi connectivity index (χ0v) is 17.3. The molecular weight excluding hydrogens is 394 g/mol. The van der Waals surface area contributed by atoms with Crippen LogP contribution in [0.3, 0.4) is 0 Å². The first-order valence-corrected chi connectivity index (χ1v) is 9.61. The van der Waals surface area contributed by atoms with Crippen LogP contribution in [0.4, 0.5) is 11.5 Å². The van der Waals surface area contributed by atoms with Crippen LogP contribution in [0.2, 0.25) is 0 Å². The third-order valence-corrected chi connectivity index (χ3v) is 5.18. The fraction of sp³-hybridized carbons (Fsp3) is 0.174. The van der Waals surface area contributed by atoms with Crippen LogP contribution in [-0.2, 0) is 4.79 Å². The number of nitrogens with one attached hydrogen (secondary N) is 2. The Labute approximate surface area is 179 Å². The van der Waals surface area contributed by atoms with Crippen molar-refractivity contribution in [2.24, 2.45) is 0 Å². The Morgan fingerprint density at radius 3 is 2.58 bits per heavy atom. The summed E-state index contributed by atoms with van der Waals surface area (Å²) in [5.74, 6) is 1.52. The molecule has 2 heterocycles. The van der Waals surface area contributed by atoms with Gasteiger partial charge in [0.2, 0.25) is 0 Å². The largest absolute Gasteiger partial charge is 0.497 e. The molecule has 0 saturated carbocycles. The number of fused-ring (bicyclic) bond motifs is 1. The van der Waals surface area contributed by atoms with Crippen molar-refractivity contribution < 1.29 is 14.3 Å². The maximum absolute atomic E-state index is 13.4. The molecular formula is C23H21N5O3. The zero-order chi connectivity index (χ0) is 22.0. The topological polar surface area (TPSA) is 101 Å². The number of para-hydroxylation sites is 2. The summed E-state index contributed by atoms with van der Waals surface area (Å²) < 4.78 is 12.3. The molecule has 0 spiro atoms. The minimum atomic E-state index is -0.529. The van der Waals surface area contributed by atoms with Crippen molar-refractivity contribution in [2.45, 2.75) is 13.0 Å². The zero-order valence-electron chi connectivity index (χ0n) is 17.3. The van der Waals surface area contributed by atoms with Crippen molar-refractivity contribution in [3.8, 4) is 17.6 Å². The van der Waals surface area contributed by atoms with Gasteiger partial charge < -0.3 is 20.1 Å². The van der Waals surface area contributed by atoms with E-state index in [0.717, 1.165) is 5.56 Å². The van der Waals surface area contributed by atoms with Gasteiger partial charge in [0.1, 0.15) is 35.0 Å². The van der Waals surface area contributed by atoms with E-state index in [1.165, 1.54) is 6.20 Å². The number of rotatable bonds is 5. The van der Waals surface area contributed by atoms with E-state index >= 15 is 0 Å². The third-order valence-electron chi connectivity index (χ3n) is 5.18. The number of nitrogens with zero attached hydrogens (tertiary/aromatic N) is 3. The van der Waals surface area contributed by atoms with Crippen molar-refractivity contribution in [2.75, 3.05) is 24.9 Å². The maximum atomic E-state index is 13.4. The Morgan fingerprint density at radius 2 is 1.90 bits per heavy atom. The third kappa shape index (κ3) is 3.57. The normalized spacial score (nSPS) is 14.8. The van der Waals surface area contributed by atoms with Crippen molar-refractivity contribution in [1.29, 1.82) is 5.26 Å². The Bertz CT molecular complexity index is 1200. The van der Waals surface area contributed by atoms with Crippen LogP contribution in [0, 0.1) is 11.3 Å². The Morgan fingerprint density at radius 1 is 1.16 bits per heavy atom. The average Bonchev–Trinajstić information content (AvgIpc) is 3.21. The molecule has 1 atom stereocenters. The summed E-state index contributed by atoms with van der Waals surface area (Å²) >= 11 is 0. The Hall–Kier alpha value is -4.25. The summed E-state index contributed by atoms with van der Waals surface area (Å²) in [6.45, 7) is 1.81. The number of hydrogen-bond donors (Lipinski definition) is 2. The molecule has 0 radical (unpaired) electrons. The standard InChI is InChI=1S/C23H21N5O3/c1-14-20(23(29)27-18-6-4-5-7-19(18)31-3)21(15-8-10-17(30-2)11-9-15)28-22(26-14)16(12-24)13-25-28/h4-11,13,21,26H,1-3H3,(H,27,29)/t21-/m0/s1. The molecule has 4 rings (SSSR count). The van der Waals surface area contributed by atoms with E-state index in [1.807, 2.05) is 43.3 Å². The number of anilines is 2. The fourth-order valence-corrected chi connectivity index (χ4v) is 3.66. The van der Waals surface area contributed by atoms with Crippen LogP contribution in [0.25, 0.3) is 0 Å². The molecule has 1 amide bonds. The summed E-state index contributed by atoms with van der Waals surface area (Å²) in [4.78, 5) is 13.4. The first-order chi connectivity index (χ1) is 15.1. The average molecular weight is 415 g/mol. The lowest BCUT2D eigenvalue weighted by molar-refractivity contribution is -0.113. The van der Waals surface area contributed by atoms with Crippen LogP contribution in [0.15, 0.2) is 66.0 Å². The quantitative estimate of drug-likeness (QED) is 0.659. The molecule has 0 bridgehead atoms.